The molecule has 0 spiro atoms. The zero-order valence-electron chi connectivity index (χ0n) is 10.2. The molecule has 2 N–H and O–H groups in total. The summed E-state index contributed by atoms with van der Waals surface area (Å²) in [6, 6.07) is 0.698. The fraction of sp³-hybridized carbons (Fsp3) is 0.917. The lowest BCUT2D eigenvalue weighted by molar-refractivity contribution is -0.135. The molecule has 2 rings (SSSR count). The second-order valence-electron chi connectivity index (χ2n) is 5.22. The number of hydrogen-bond donors (Lipinski definition) is 1. The highest BCUT2D eigenvalue weighted by Gasteiger charge is 2.27. The molecule has 0 aromatic carbocycles. The van der Waals surface area contributed by atoms with Crippen LogP contribution in [0.25, 0.3) is 0 Å². The topological polar surface area (TPSA) is 49.6 Å². The van der Waals surface area contributed by atoms with E-state index in [1.54, 1.807) is 0 Å². The highest BCUT2D eigenvalue weighted by molar-refractivity contribution is 5.78. The van der Waals surface area contributed by atoms with Gasteiger partial charge in [-0.3, -0.25) is 9.69 Å². The second kappa shape index (κ2) is 5.15. The van der Waals surface area contributed by atoms with Crippen LogP contribution < -0.4 is 5.73 Å². The summed E-state index contributed by atoms with van der Waals surface area (Å²) < 4.78 is 0. The summed E-state index contributed by atoms with van der Waals surface area (Å²) in [5, 5.41) is 0. The van der Waals surface area contributed by atoms with Crippen molar-refractivity contribution in [1.29, 1.82) is 0 Å². The van der Waals surface area contributed by atoms with E-state index in [4.69, 9.17) is 5.73 Å². The van der Waals surface area contributed by atoms with Crippen LogP contribution >= 0.6 is 0 Å². The number of carbonyl (C=O) groups excluding carboxylic acids is 1. The standard InChI is InChI=1S/C12H23N3O/c1-10-4-2-3-6-15(10)12(16)9-14-7-5-11(13)8-14/h10-11H,2-9,13H2,1H3/t10-,11-/m1/s1. The quantitative estimate of drug-likeness (QED) is 0.741. The van der Waals surface area contributed by atoms with Crippen molar-refractivity contribution in [3.8, 4) is 0 Å². The Morgan fingerprint density at radius 2 is 2.12 bits per heavy atom. The molecule has 2 saturated heterocycles. The van der Waals surface area contributed by atoms with Crippen molar-refractivity contribution in [2.75, 3.05) is 26.2 Å². The van der Waals surface area contributed by atoms with Crippen molar-refractivity contribution in [3.63, 3.8) is 0 Å². The van der Waals surface area contributed by atoms with Gasteiger partial charge in [0.05, 0.1) is 6.54 Å². The monoisotopic (exact) mass is 225 g/mol. The SMILES string of the molecule is C[C@@H]1CCCCN1C(=O)CN1CC[C@@H](N)C1. The van der Waals surface area contributed by atoms with Crippen LogP contribution in [0.3, 0.4) is 0 Å². The van der Waals surface area contributed by atoms with Crippen molar-refractivity contribution in [2.45, 2.75) is 44.7 Å². The first-order valence-corrected chi connectivity index (χ1v) is 6.44. The molecule has 16 heavy (non-hydrogen) atoms. The molecular formula is C12H23N3O. The van der Waals surface area contributed by atoms with Gasteiger partial charge in [0, 0.05) is 31.7 Å². The maximum Gasteiger partial charge on any atom is 0.236 e. The van der Waals surface area contributed by atoms with Crippen LogP contribution in [0.15, 0.2) is 0 Å². The van der Waals surface area contributed by atoms with Gasteiger partial charge in [0.1, 0.15) is 0 Å². The van der Waals surface area contributed by atoms with Gasteiger partial charge in [-0.15, -0.1) is 0 Å². The fourth-order valence-electron chi connectivity index (χ4n) is 2.76. The summed E-state index contributed by atoms with van der Waals surface area (Å²) in [5.74, 6) is 0.293. The van der Waals surface area contributed by atoms with E-state index in [9.17, 15) is 4.79 Å². The molecular weight excluding hydrogens is 202 g/mol. The van der Waals surface area contributed by atoms with E-state index in [0.717, 1.165) is 38.9 Å². The van der Waals surface area contributed by atoms with E-state index in [0.29, 0.717) is 18.5 Å². The minimum atomic E-state index is 0.270. The number of amides is 1. The molecule has 0 bridgehead atoms. The highest BCUT2D eigenvalue weighted by atomic mass is 16.2. The minimum absolute atomic E-state index is 0.270. The van der Waals surface area contributed by atoms with Crippen LogP contribution in [0.4, 0.5) is 0 Å². The number of likely N-dealkylation sites (tertiary alicyclic amines) is 2. The fourth-order valence-corrected chi connectivity index (χ4v) is 2.76. The predicted octanol–water partition coefficient (Wildman–Crippen LogP) is 0.420. The lowest BCUT2D eigenvalue weighted by atomic mass is 10.0. The van der Waals surface area contributed by atoms with E-state index >= 15 is 0 Å². The average Bonchev–Trinajstić information content (AvgIpc) is 2.64. The first-order valence-electron chi connectivity index (χ1n) is 6.44. The zero-order valence-corrected chi connectivity index (χ0v) is 10.2. The third kappa shape index (κ3) is 2.74. The number of nitrogens with zero attached hydrogens (tertiary/aromatic N) is 2. The number of piperidine rings is 1. The minimum Gasteiger partial charge on any atom is -0.339 e. The third-order valence-corrected chi connectivity index (χ3v) is 3.79. The first kappa shape index (κ1) is 11.9. The van der Waals surface area contributed by atoms with E-state index in [1.165, 1.54) is 6.42 Å². The molecule has 4 nitrogen and oxygen atoms in total. The van der Waals surface area contributed by atoms with Gasteiger partial charge in [-0.05, 0) is 32.6 Å². The molecule has 2 heterocycles. The Morgan fingerprint density at radius 1 is 1.31 bits per heavy atom. The van der Waals surface area contributed by atoms with E-state index < -0.39 is 0 Å². The maximum absolute atomic E-state index is 12.1. The molecule has 2 aliphatic heterocycles. The number of rotatable bonds is 2. The molecule has 0 radical (unpaired) electrons. The van der Waals surface area contributed by atoms with Gasteiger partial charge in [-0.25, -0.2) is 0 Å². The van der Waals surface area contributed by atoms with Gasteiger partial charge in [0.25, 0.3) is 0 Å². The lowest BCUT2D eigenvalue weighted by Gasteiger charge is -2.34. The molecule has 4 heteroatoms. The van der Waals surface area contributed by atoms with Gasteiger partial charge in [0.2, 0.25) is 5.91 Å². The lowest BCUT2D eigenvalue weighted by Crippen LogP contribution is -2.46. The molecule has 2 fully saturated rings. The summed E-state index contributed by atoms with van der Waals surface area (Å²) in [5.41, 5.74) is 5.84. The second-order valence-corrected chi connectivity index (χ2v) is 5.22. The summed E-state index contributed by atoms with van der Waals surface area (Å²) in [6.45, 7) is 5.54. The molecule has 0 unspecified atom stereocenters. The highest BCUT2D eigenvalue weighted by Crippen LogP contribution is 2.17. The molecule has 1 amide bonds. The van der Waals surface area contributed by atoms with E-state index in [-0.39, 0.29) is 6.04 Å². The number of hydrogen-bond acceptors (Lipinski definition) is 3. The van der Waals surface area contributed by atoms with Crippen LogP contribution in [0, 0.1) is 0 Å². The Balaban J connectivity index is 1.82. The van der Waals surface area contributed by atoms with Crippen molar-refractivity contribution in [3.05, 3.63) is 0 Å². The Morgan fingerprint density at radius 3 is 2.75 bits per heavy atom. The predicted molar refractivity (Wildman–Crippen MR) is 64.1 cm³/mol. The van der Waals surface area contributed by atoms with Crippen molar-refractivity contribution < 1.29 is 4.79 Å². The van der Waals surface area contributed by atoms with Crippen LogP contribution in [0.5, 0.6) is 0 Å². The molecule has 0 aliphatic carbocycles. The Labute approximate surface area is 97.8 Å². The summed E-state index contributed by atoms with van der Waals surface area (Å²) in [6.07, 6.45) is 4.61. The van der Waals surface area contributed by atoms with Gasteiger partial charge in [0.15, 0.2) is 0 Å². The van der Waals surface area contributed by atoms with Gasteiger partial charge < -0.3 is 10.6 Å². The van der Waals surface area contributed by atoms with Crippen LogP contribution in [-0.2, 0) is 4.79 Å². The summed E-state index contributed by atoms with van der Waals surface area (Å²) in [7, 11) is 0. The molecule has 0 aromatic rings. The number of carbonyl (C=O) groups is 1. The van der Waals surface area contributed by atoms with E-state index in [2.05, 4.69) is 11.8 Å². The third-order valence-electron chi connectivity index (χ3n) is 3.79. The normalized spacial score (nSPS) is 32.0. The van der Waals surface area contributed by atoms with Crippen LogP contribution in [0.1, 0.15) is 32.6 Å². The Bertz CT molecular complexity index is 257. The zero-order chi connectivity index (χ0) is 11.5. The van der Waals surface area contributed by atoms with Gasteiger partial charge >= 0.3 is 0 Å². The Hall–Kier alpha value is -0.610. The molecule has 0 saturated carbocycles. The van der Waals surface area contributed by atoms with Crippen LogP contribution in [0.2, 0.25) is 0 Å². The largest absolute Gasteiger partial charge is 0.339 e. The first-order chi connectivity index (χ1) is 7.66. The van der Waals surface area contributed by atoms with Crippen molar-refractivity contribution in [1.82, 2.24) is 9.80 Å². The van der Waals surface area contributed by atoms with Gasteiger partial charge in [-0.2, -0.15) is 0 Å². The molecule has 2 atom stereocenters. The molecule has 2 aliphatic rings. The smallest absolute Gasteiger partial charge is 0.236 e. The number of nitrogens with two attached hydrogens (primary N) is 1. The van der Waals surface area contributed by atoms with Gasteiger partial charge in [-0.1, -0.05) is 0 Å². The summed E-state index contributed by atoms with van der Waals surface area (Å²) >= 11 is 0. The van der Waals surface area contributed by atoms with Crippen LogP contribution in [-0.4, -0.2) is 54.0 Å². The van der Waals surface area contributed by atoms with Crippen molar-refractivity contribution in [2.24, 2.45) is 5.73 Å². The maximum atomic E-state index is 12.1. The molecule has 92 valence electrons. The molecule has 0 aromatic heterocycles. The summed E-state index contributed by atoms with van der Waals surface area (Å²) in [4.78, 5) is 16.4. The Kier molecular flexibility index (Phi) is 3.82. The van der Waals surface area contributed by atoms with E-state index in [1.807, 2.05) is 4.90 Å². The van der Waals surface area contributed by atoms with Crippen molar-refractivity contribution >= 4 is 5.91 Å². The average molecular weight is 225 g/mol.